The monoisotopic (exact) mass is 213 g/mol. The number of benzene rings is 1. The summed E-state index contributed by atoms with van der Waals surface area (Å²) >= 11 is 0. The highest BCUT2D eigenvalue weighted by atomic mass is 19.2. The van der Waals surface area contributed by atoms with Crippen LogP contribution in [0, 0.1) is 11.6 Å². The average Bonchev–Trinajstić information content (AvgIpc) is 2.75. The molecule has 0 radical (unpaired) electrons. The van der Waals surface area contributed by atoms with E-state index in [2.05, 4.69) is 5.32 Å². The highest BCUT2D eigenvalue weighted by Crippen LogP contribution is 2.30. The van der Waals surface area contributed by atoms with E-state index < -0.39 is 11.6 Å². The van der Waals surface area contributed by atoms with Gasteiger partial charge < -0.3 is 10.1 Å². The lowest BCUT2D eigenvalue weighted by atomic mass is 10.0. The Morgan fingerprint density at radius 2 is 2.13 bits per heavy atom. The Hall–Kier alpha value is -1.16. The quantitative estimate of drug-likeness (QED) is 0.814. The van der Waals surface area contributed by atoms with Crippen LogP contribution >= 0.6 is 0 Å². The van der Waals surface area contributed by atoms with Crippen LogP contribution in [-0.4, -0.2) is 13.7 Å². The Labute approximate surface area is 87.2 Å². The van der Waals surface area contributed by atoms with Crippen LogP contribution in [0.5, 0.6) is 5.75 Å². The molecule has 0 aliphatic carbocycles. The molecule has 0 saturated carbocycles. The van der Waals surface area contributed by atoms with Crippen LogP contribution < -0.4 is 10.1 Å². The molecule has 1 saturated heterocycles. The van der Waals surface area contributed by atoms with Crippen molar-refractivity contribution in [2.45, 2.75) is 18.9 Å². The number of hydrogen-bond acceptors (Lipinski definition) is 2. The maximum Gasteiger partial charge on any atom is 0.200 e. The highest BCUT2D eigenvalue weighted by Gasteiger charge is 2.23. The number of hydrogen-bond donors (Lipinski definition) is 1. The van der Waals surface area contributed by atoms with Gasteiger partial charge in [0, 0.05) is 11.6 Å². The van der Waals surface area contributed by atoms with Gasteiger partial charge in [0.05, 0.1) is 7.11 Å². The third-order valence-corrected chi connectivity index (χ3v) is 2.73. The number of methoxy groups -OCH3 is 1. The third-order valence-electron chi connectivity index (χ3n) is 2.73. The molecule has 1 aliphatic heterocycles. The second kappa shape index (κ2) is 4.14. The van der Waals surface area contributed by atoms with E-state index in [4.69, 9.17) is 4.74 Å². The van der Waals surface area contributed by atoms with Gasteiger partial charge in [-0.2, -0.15) is 4.39 Å². The lowest BCUT2D eigenvalue weighted by Crippen LogP contribution is -2.15. The number of rotatable bonds is 2. The summed E-state index contributed by atoms with van der Waals surface area (Å²) < 4.78 is 31.7. The first-order valence-electron chi connectivity index (χ1n) is 4.99. The van der Waals surface area contributed by atoms with Crippen LogP contribution in [0.2, 0.25) is 0 Å². The van der Waals surface area contributed by atoms with Crippen LogP contribution in [0.3, 0.4) is 0 Å². The van der Waals surface area contributed by atoms with Gasteiger partial charge in [-0.25, -0.2) is 4.39 Å². The summed E-state index contributed by atoms with van der Waals surface area (Å²) in [5, 5.41) is 3.13. The molecule has 2 rings (SSSR count). The minimum atomic E-state index is -0.899. The SMILES string of the molecule is COc1ccc(C2CCCN2)c(F)c1F. The van der Waals surface area contributed by atoms with Crippen LogP contribution in [-0.2, 0) is 0 Å². The van der Waals surface area contributed by atoms with Crippen molar-refractivity contribution in [1.29, 1.82) is 0 Å². The third kappa shape index (κ3) is 1.81. The molecule has 1 atom stereocenters. The van der Waals surface area contributed by atoms with Crippen LogP contribution in [0.4, 0.5) is 8.78 Å². The minimum Gasteiger partial charge on any atom is -0.494 e. The number of halogens is 2. The predicted molar refractivity (Wildman–Crippen MR) is 52.9 cm³/mol. The fourth-order valence-electron chi connectivity index (χ4n) is 1.92. The standard InChI is InChI=1S/C11H13F2NO/c1-15-9-5-4-7(10(12)11(9)13)8-3-2-6-14-8/h4-5,8,14H,2-3,6H2,1H3. The van der Waals surface area contributed by atoms with Gasteiger partial charge in [-0.15, -0.1) is 0 Å². The molecular formula is C11H13F2NO. The van der Waals surface area contributed by atoms with Gasteiger partial charge in [-0.1, -0.05) is 6.07 Å². The zero-order valence-corrected chi connectivity index (χ0v) is 8.52. The zero-order valence-electron chi connectivity index (χ0n) is 8.52. The van der Waals surface area contributed by atoms with E-state index in [1.807, 2.05) is 0 Å². The summed E-state index contributed by atoms with van der Waals surface area (Å²) in [7, 11) is 1.32. The molecule has 0 spiro atoms. The van der Waals surface area contributed by atoms with Crippen LogP contribution in [0.15, 0.2) is 12.1 Å². The summed E-state index contributed by atoms with van der Waals surface area (Å²) in [6.07, 6.45) is 1.85. The van der Waals surface area contributed by atoms with Gasteiger partial charge >= 0.3 is 0 Å². The fraction of sp³-hybridized carbons (Fsp3) is 0.455. The lowest BCUT2D eigenvalue weighted by molar-refractivity contribution is 0.368. The molecule has 1 aromatic rings. The largest absolute Gasteiger partial charge is 0.494 e. The first kappa shape index (κ1) is 10.4. The minimum absolute atomic E-state index is 0.0470. The van der Waals surface area contributed by atoms with Crippen molar-refractivity contribution in [3.63, 3.8) is 0 Å². The van der Waals surface area contributed by atoms with Gasteiger partial charge in [0.15, 0.2) is 11.6 Å². The molecule has 15 heavy (non-hydrogen) atoms. The van der Waals surface area contributed by atoms with Crippen LogP contribution in [0.1, 0.15) is 24.4 Å². The van der Waals surface area contributed by atoms with Gasteiger partial charge in [0.25, 0.3) is 0 Å². The summed E-state index contributed by atoms with van der Waals surface area (Å²) in [5.41, 5.74) is 0.394. The lowest BCUT2D eigenvalue weighted by Gasteiger charge is -2.13. The molecule has 1 aliphatic rings. The second-order valence-corrected chi connectivity index (χ2v) is 3.63. The van der Waals surface area contributed by atoms with E-state index in [1.54, 1.807) is 6.07 Å². The summed E-state index contributed by atoms with van der Waals surface area (Å²) in [6, 6.07) is 2.99. The molecule has 1 aromatic carbocycles. The van der Waals surface area contributed by atoms with Crippen molar-refractivity contribution < 1.29 is 13.5 Å². The van der Waals surface area contributed by atoms with E-state index in [0.29, 0.717) is 5.56 Å². The smallest absolute Gasteiger partial charge is 0.200 e. The molecule has 0 amide bonds. The molecule has 0 aromatic heterocycles. The molecule has 82 valence electrons. The normalized spacial score (nSPS) is 20.6. The van der Waals surface area contributed by atoms with Gasteiger partial charge in [0.1, 0.15) is 0 Å². The maximum absolute atomic E-state index is 13.6. The summed E-state index contributed by atoms with van der Waals surface area (Å²) in [4.78, 5) is 0. The number of ether oxygens (including phenoxy) is 1. The molecule has 1 fully saturated rings. The number of nitrogens with one attached hydrogen (secondary N) is 1. The topological polar surface area (TPSA) is 21.3 Å². The molecule has 1 N–H and O–H groups in total. The average molecular weight is 213 g/mol. The van der Waals surface area contributed by atoms with Crippen molar-refractivity contribution >= 4 is 0 Å². The molecular weight excluding hydrogens is 200 g/mol. The predicted octanol–water partition coefficient (Wildman–Crippen LogP) is 2.40. The van der Waals surface area contributed by atoms with E-state index in [9.17, 15) is 8.78 Å². The molecule has 0 bridgehead atoms. The van der Waals surface area contributed by atoms with Crippen molar-refractivity contribution in [3.05, 3.63) is 29.3 Å². The first-order valence-corrected chi connectivity index (χ1v) is 4.99. The van der Waals surface area contributed by atoms with Crippen LogP contribution in [0.25, 0.3) is 0 Å². The van der Waals surface area contributed by atoms with E-state index in [1.165, 1.54) is 13.2 Å². The summed E-state index contributed by atoms with van der Waals surface area (Å²) in [5.74, 6) is -1.74. The zero-order chi connectivity index (χ0) is 10.8. The van der Waals surface area contributed by atoms with Crippen molar-refractivity contribution in [2.75, 3.05) is 13.7 Å². The van der Waals surface area contributed by atoms with Crippen molar-refractivity contribution in [2.24, 2.45) is 0 Å². The Balaban J connectivity index is 2.36. The van der Waals surface area contributed by atoms with E-state index in [-0.39, 0.29) is 11.8 Å². The Morgan fingerprint density at radius 1 is 1.33 bits per heavy atom. The Kier molecular flexibility index (Phi) is 2.86. The molecule has 2 nitrogen and oxygen atoms in total. The fourth-order valence-corrected chi connectivity index (χ4v) is 1.92. The first-order chi connectivity index (χ1) is 7.24. The van der Waals surface area contributed by atoms with Crippen molar-refractivity contribution in [3.8, 4) is 5.75 Å². The molecule has 4 heteroatoms. The highest BCUT2D eigenvalue weighted by molar-refractivity contribution is 5.33. The Morgan fingerprint density at radius 3 is 2.73 bits per heavy atom. The van der Waals surface area contributed by atoms with E-state index in [0.717, 1.165) is 19.4 Å². The van der Waals surface area contributed by atoms with Gasteiger partial charge in [-0.05, 0) is 25.5 Å². The maximum atomic E-state index is 13.6. The van der Waals surface area contributed by atoms with Crippen molar-refractivity contribution in [1.82, 2.24) is 5.32 Å². The molecule has 1 unspecified atom stereocenters. The summed E-state index contributed by atoms with van der Waals surface area (Å²) in [6.45, 7) is 0.859. The van der Waals surface area contributed by atoms with E-state index >= 15 is 0 Å². The Bertz CT molecular complexity index is 362. The molecule has 1 heterocycles. The van der Waals surface area contributed by atoms with Gasteiger partial charge in [-0.3, -0.25) is 0 Å². The van der Waals surface area contributed by atoms with Gasteiger partial charge in [0.2, 0.25) is 5.82 Å². The second-order valence-electron chi connectivity index (χ2n) is 3.63.